The van der Waals surface area contributed by atoms with Gasteiger partial charge in [-0.05, 0) is 62.9 Å². The molecule has 1 aromatic heterocycles. The second kappa shape index (κ2) is 9.97. The molecular formula is C20H27N3O2S. The maximum Gasteiger partial charge on any atom is 0.261 e. The van der Waals surface area contributed by atoms with Crippen LogP contribution in [0.3, 0.4) is 0 Å². The monoisotopic (exact) mass is 373 g/mol. The first-order chi connectivity index (χ1) is 12.5. The van der Waals surface area contributed by atoms with Gasteiger partial charge in [0.2, 0.25) is 5.91 Å². The van der Waals surface area contributed by atoms with E-state index < -0.39 is 0 Å². The molecule has 0 unspecified atom stereocenters. The van der Waals surface area contributed by atoms with Gasteiger partial charge in [-0.15, -0.1) is 11.3 Å². The minimum Gasteiger partial charge on any atom is -0.369 e. The molecule has 0 bridgehead atoms. The predicted molar refractivity (Wildman–Crippen MR) is 109 cm³/mol. The highest BCUT2D eigenvalue weighted by Gasteiger charge is 2.09. The third-order valence-electron chi connectivity index (χ3n) is 4.06. The Bertz CT molecular complexity index is 696. The quantitative estimate of drug-likeness (QED) is 0.650. The van der Waals surface area contributed by atoms with Gasteiger partial charge in [-0.1, -0.05) is 6.07 Å². The van der Waals surface area contributed by atoms with Crippen LogP contribution in [-0.2, 0) is 4.79 Å². The highest BCUT2D eigenvalue weighted by atomic mass is 32.1. The first-order valence-corrected chi connectivity index (χ1v) is 9.87. The summed E-state index contributed by atoms with van der Waals surface area (Å²) in [7, 11) is 0. The highest BCUT2D eigenvalue weighted by molar-refractivity contribution is 7.12. The van der Waals surface area contributed by atoms with E-state index >= 15 is 0 Å². The molecule has 2 amide bonds. The fourth-order valence-electron chi connectivity index (χ4n) is 2.75. The zero-order valence-corrected chi connectivity index (χ0v) is 16.4. The van der Waals surface area contributed by atoms with E-state index in [4.69, 9.17) is 0 Å². The van der Waals surface area contributed by atoms with Crippen molar-refractivity contribution in [2.75, 3.05) is 23.3 Å². The number of nitrogens with one attached hydrogen (secondary N) is 2. The average molecular weight is 374 g/mol. The second-order valence-electron chi connectivity index (χ2n) is 6.31. The molecule has 0 radical (unpaired) electrons. The van der Waals surface area contributed by atoms with Crippen molar-refractivity contribution < 1.29 is 9.59 Å². The van der Waals surface area contributed by atoms with Gasteiger partial charge in [0.15, 0.2) is 0 Å². The maximum absolute atomic E-state index is 12.0. The molecule has 0 aliphatic carbocycles. The Balaban J connectivity index is 1.73. The molecule has 2 aromatic rings. The Hall–Kier alpha value is -2.34. The highest BCUT2D eigenvalue weighted by Crippen LogP contribution is 2.20. The number of thiophene rings is 1. The molecule has 5 nitrogen and oxygen atoms in total. The fraction of sp³-hybridized carbons (Fsp3) is 0.400. The average Bonchev–Trinajstić information content (AvgIpc) is 3.15. The third-order valence-corrected chi connectivity index (χ3v) is 4.93. The fourth-order valence-corrected chi connectivity index (χ4v) is 3.39. The van der Waals surface area contributed by atoms with Crippen molar-refractivity contribution >= 4 is 34.5 Å². The van der Waals surface area contributed by atoms with E-state index in [1.165, 1.54) is 11.3 Å². The van der Waals surface area contributed by atoms with E-state index in [0.717, 1.165) is 17.9 Å². The van der Waals surface area contributed by atoms with Gasteiger partial charge < -0.3 is 15.5 Å². The Morgan fingerprint density at radius 1 is 1.15 bits per heavy atom. The smallest absolute Gasteiger partial charge is 0.261 e. The number of rotatable bonds is 9. The van der Waals surface area contributed by atoms with Crippen LogP contribution >= 0.6 is 11.3 Å². The van der Waals surface area contributed by atoms with Gasteiger partial charge in [0.25, 0.3) is 5.91 Å². The number of carbonyl (C=O) groups is 2. The van der Waals surface area contributed by atoms with Gasteiger partial charge in [0.05, 0.1) is 4.88 Å². The van der Waals surface area contributed by atoms with Crippen molar-refractivity contribution in [3.63, 3.8) is 0 Å². The molecule has 0 spiro atoms. The van der Waals surface area contributed by atoms with Crippen LogP contribution in [0.25, 0.3) is 0 Å². The summed E-state index contributed by atoms with van der Waals surface area (Å²) in [5.41, 5.74) is 1.94. The normalized spacial score (nSPS) is 10.6. The lowest BCUT2D eigenvalue weighted by Gasteiger charge is -2.27. The van der Waals surface area contributed by atoms with Gasteiger partial charge in [0, 0.05) is 36.9 Å². The summed E-state index contributed by atoms with van der Waals surface area (Å²) >= 11 is 1.41. The van der Waals surface area contributed by atoms with Crippen LogP contribution in [0.1, 0.15) is 43.3 Å². The van der Waals surface area contributed by atoms with Crippen LogP contribution in [0.15, 0.2) is 41.8 Å². The van der Waals surface area contributed by atoms with Crippen LogP contribution < -0.4 is 15.5 Å². The van der Waals surface area contributed by atoms with E-state index in [1.807, 2.05) is 35.7 Å². The van der Waals surface area contributed by atoms with E-state index in [-0.39, 0.29) is 11.8 Å². The van der Waals surface area contributed by atoms with Crippen molar-refractivity contribution in [1.29, 1.82) is 0 Å². The number of anilines is 2. The summed E-state index contributed by atoms with van der Waals surface area (Å²) in [5.74, 6) is -0.124. The van der Waals surface area contributed by atoms with Crippen molar-refractivity contribution in [2.24, 2.45) is 0 Å². The SMILES string of the molecule is CCN(c1ccc(NC(=O)CCCNC(=O)c2cccs2)cc1)C(C)C. The molecule has 6 heteroatoms. The first kappa shape index (κ1) is 20.0. The number of benzene rings is 1. The molecule has 0 saturated heterocycles. The van der Waals surface area contributed by atoms with E-state index in [9.17, 15) is 9.59 Å². The third kappa shape index (κ3) is 5.88. The molecule has 2 N–H and O–H groups in total. The van der Waals surface area contributed by atoms with Crippen LogP contribution in [0.5, 0.6) is 0 Å². The summed E-state index contributed by atoms with van der Waals surface area (Å²) in [5, 5.41) is 7.60. The first-order valence-electron chi connectivity index (χ1n) is 8.99. The van der Waals surface area contributed by atoms with Crippen molar-refractivity contribution in [1.82, 2.24) is 5.32 Å². The van der Waals surface area contributed by atoms with Crippen LogP contribution in [-0.4, -0.2) is 30.9 Å². The lowest BCUT2D eigenvalue weighted by atomic mass is 10.2. The topological polar surface area (TPSA) is 61.4 Å². The van der Waals surface area contributed by atoms with E-state index in [1.54, 1.807) is 6.07 Å². The molecule has 0 atom stereocenters. The summed E-state index contributed by atoms with van der Waals surface area (Å²) in [6.45, 7) is 7.89. The minimum atomic E-state index is -0.0818. The van der Waals surface area contributed by atoms with Gasteiger partial charge >= 0.3 is 0 Å². The Morgan fingerprint density at radius 3 is 2.46 bits per heavy atom. The molecule has 1 heterocycles. The lowest BCUT2D eigenvalue weighted by molar-refractivity contribution is -0.116. The summed E-state index contributed by atoms with van der Waals surface area (Å²) < 4.78 is 0. The van der Waals surface area contributed by atoms with Crippen molar-refractivity contribution in [3.05, 3.63) is 46.7 Å². The summed E-state index contributed by atoms with van der Waals surface area (Å²) in [4.78, 5) is 26.8. The van der Waals surface area contributed by atoms with Crippen LogP contribution in [0, 0.1) is 0 Å². The molecule has 2 rings (SSSR count). The molecule has 0 aliphatic heterocycles. The summed E-state index contributed by atoms with van der Waals surface area (Å²) in [6.07, 6.45) is 0.984. The van der Waals surface area contributed by atoms with Gasteiger partial charge in [0.1, 0.15) is 0 Å². The maximum atomic E-state index is 12.0. The van der Waals surface area contributed by atoms with E-state index in [0.29, 0.717) is 30.3 Å². The molecule has 0 fully saturated rings. The molecule has 26 heavy (non-hydrogen) atoms. The second-order valence-corrected chi connectivity index (χ2v) is 7.26. The van der Waals surface area contributed by atoms with Crippen molar-refractivity contribution in [2.45, 2.75) is 39.7 Å². The van der Waals surface area contributed by atoms with Crippen LogP contribution in [0.4, 0.5) is 11.4 Å². The van der Waals surface area contributed by atoms with Crippen LogP contribution in [0.2, 0.25) is 0 Å². The molecule has 140 valence electrons. The van der Waals surface area contributed by atoms with E-state index in [2.05, 4.69) is 36.3 Å². The van der Waals surface area contributed by atoms with Gasteiger partial charge in [-0.2, -0.15) is 0 Å². The number of hydrogen-bond acceptors (Lipinski definition) is 4. The standard InChI is InChI=1S/C20H27N3O2S/c1-4-23(15(2)3)17-11-9-16(10-12-17)22-19(24)8-5-13-21-20(25)18-7-6-14-26-18/h6-7,9-12,14-15H,4-5,8,13H2,1-3H3,(H,21,25)(H,22,24). The molecule has 0 aliphatic rings. The van der Waals surface area contributed by atoms with Gasteiger partial charge in [-0.25, -0.2) is 0 Å². The summed E-state index contributed by atoms with van der Waals surface area (Å²) in [6, 6.07) is 12.0. The Labute approximate surface area is 159 Å². The largest absolute Gasteiger partial charge is 0.369 e. The number of carbonyl (C=O) groups excluding carboxylic acids is 2. The zero-order valence-electron chi connectivity index (χ0n) is 15.6. The lowest BCUT2D eigenvalue weighted by Crippen LogP contribution is -2.30. The minimum absolute atomic E-state index is 0.0423. The molecule has 1 aromatic carbocycles. The Kier molecular flexibility index (Phi) is 7.66. The Morgan fingerprint density at radius 2 is 1.88 bits per heavy atom. The molecule has 0 saturated carbocycles. The zero-order chi connectivity index (χ0) is 18.9. The number of hydrogen-bond donors (Lipinski definition) is 2. The number of nitrogens with zero attached hydrogens (tertiary/aromatic N) is 1. The van der Waals surface area contributed by atoms with Crippen molar-refractivity contribution in [3.8, 4) is 0 Å². The molecular weight excluding hydrogens is 346 g/mol. The number of amides is 2. The van der Waals surface area contributed by atoms with Gasteiger partial charge in [-0.3, -0.25) is 9.59 Å². The predicted octanol–water partition coefficient (Wildman–Crippen LogP) is 4.13.